The van der Waals surface area contributed by atoms with Crippen molar-refractivity contribution in [2.24, 2.45) is 7.05 Å². The van der Waals surface area contributed by atoms with Crippen LogP contribution < -0.4 is 9.64 Å². The van der Waals surface area contributed by atoms with Crippen LogP contribution in [0.15, 0.2) is 30.6 Å². The predicted octanol–water partition coefficient (Wildman–Crippen LogP) is 2.37. The molecule has 1 aromatic heterocycles. The van der Waals surface area contributed by atoms with Gasteiger partial charge in [0, 0.05) is 14.1 Å². The van der Waals surface area contributed by atoms with E-state index in [1.54, 1.807) is 31.9 Å². The van der Waals surface area contributed by atoms with Crippen molar-refractivity contribution in [1.29, 1.82) is 0 Å². The van der Waals surface area contributed by atoms with Gasteiger partial charge in [0.1, 0.15) is 12.1 Å². The number of benzene rings is 1. The third kappa shape index (κ3) is 3.44. The highest BCUT2D eigenvalue weighted by Gasteiger charge is 2.23. The maximum absolute atomic E-state index is 12.4. The van der Waals surface area contributed by atoms with Crippen LogP contribution in [0.5, 0.6) is 5.75 Å². The van der Waals surface area contributed by atoms with Crippen LogP contribution >= 0.6 is 0 Å². The van der Waals surface area contributed by atoms with Crippen LogP contribution in [0.4, 0.5) is 5.95 Å². The molecule has 0 aliphatic rings. The minimum atomic E-state index is -0.607. The molecule has 22 heavy (non-hydrogen) atoms. The normalized spacial score (nSPS) is 12.3. The fourth-order valence-corrected chi connectivity index (χ4v) is 2.15. The summed E-state index contributed by atoms with van der Waals surface area (Å²) < 4.78 is 7.46. The molecule has 0 radical (unpaired) electrons. The average Bonchev–Trinajstić information content (AvgIpc) is 2.92. The molecular formula is C16H22N4O2. The van der Waals surface area contributed by atoms with E-state index in [9.17, 15) is 4.79 Å². The Balaban J connectivity index is 2.08. The highest BCUT2D eigenvalue weighted by Crippen LogP contribution is 2.21. The molecule has 0 fully saturated rings. The summed E-state index contributed by atoms with van der Waals surface area (Å²) in [7, 11) is 3.45. The molecule has 0 aliphatic carbocycles. The van der Waals surface area contributed by atoms with Gasteiger partial charge in [-0.1, -0.05) is 26.0 Å². The molecule has 0 aliphatic heterocycles. The Labute approximate surface area is 130 Å². The first-order valence-corrected chi connectivity index (χ1v) is 7.28. The van der Waals surface area contributed by atoms with E-state index in [0.29, 0.717) is 17.6 Å². The number of ether oxygens (including phenoxy) is 1. The number of aryl methyl sites for hydroxylation is 1. The summed E-state index contributed by atoms with van der Waals surface area (Å²) in [6.07, 6.45) is 0.945. The Morgan fingerprint density at radius 2 is 2.05 bits per heavy atom. The number of anilines is 1. The molecule has 0 unspecified atom stereocenters. The Bertz CT molecular complexity index is 651. The summed E-state index contributed by atoms with van der Waals surface area (Å²) >= 11 is 0. The minimum Gasteiger partial charge on any atom is -0.481 e. The standard InChI is InChI=1S/C16H22N4O2/c1-11(2)13-7-6-8-14(9-13)22-12(3)15(21)20(5)16-18-17-10-19(16)4/h6-12H,1-5H3/t12-/m1/s1. The highest BCUT2D eigenvalue weighted by atomic mass is 16.5. The van der Waals surface area contributed by atoms with Gasteiger partial charge in [-0.25, -0.2) is 0 Å². The minimum absolute atomic E-state index is 0.175. The van der Waals surface area contributed by atoms with E-state index in [0.717, 1.165) is 0 Å². The maximum Gasteiger partial charge on any atom is 0.269 e. The molecule has 6 nitrogen and oxygen atoms in total. The van der Waals surface area contributed by atoms with Gasteiger partial charge in [-0.05, 0) is 30.5 Å². The third-order valence-electron chi connectivity index (χ3n) is 3.50. The first kappa shape index (κ1) is 16.0. The molecule has 118 valence electrons. The summed E-state index contributed by atoms with van der Waals surface area (Å²) in [5.74, 6) is 1.41. The molecular weight excluding hydrogens is 280 g/mol. The number of nitrogens with zero attached hydrogens (tertiary/aromatic N) is 4. The average molecular weight is 302 g/mol. The lowest BCUT2D eigenvalue weighted by Crippen LogP contribution is -2.39. The molecule has 1 atom stereocenters. The molecule has 1 amide bonds. The van der Waals surface area contributed by atoms with Gasteiger partial charge in [0.05, 0.1) is 0 Å². The zero-order valence-corrected chi connectivity index (χ0v) is 13.6. The summed E-state index contributed by atoms with van der Waals surface area (Å²) in [4.78, 5) is 13.9. The van der Waals surface area contributed by atoms with Crippen LogP contribution in [-0.4, -0.2) is 33.8 Å². The van der Waals surface area contributed by atoms with E-state index in [2.05, 4.69) is 30.1 Å². The van der Waals surface area contributed by atoms with E-state index >= 15 is 0 Å². The number of carbonyl (C=O) groups is 1. The van der Waals surface area contributed by atoms with Crippen LogP contribution in [0.3, 0.4) is 0 Å². The lowest BCUT2D eigenvalue weighted by Gasteiger charge is -2.21. The first-order valence-electron chi connectivity index (χ1n) is 7.28. The van der Waals surface area contributed by atoms with Crippen molar-refractivity contribution in [3.8, 4) is 5.75 Å². The summed E-state index contributed by atoms with van der Waals surface area (Å²) in [5, 5.41) is 7.70. The molecule has 2 aromatic rings. The largest absolute Gasteiger partial charge is 0.481 e. The van der Waals surface area contributed by atoms with Gasteiger partial charge in [-0.3, -0.25) is 9.69 Å². The molecule has 1 heterocycles. The Morgan fingerprint density at radius 1 is 1.32 bits per heavy atom. The Morgan fingerprint density at radius 3 is 2.64 bits per heavy atom. The van der Waals surface area contributed by atoms with Crippen LogP contribution in [0.25, 0.3) is 0 Å². The maximum atomic E-state index is 12.4. The van der Waals surface area contributed by atoms with E-state index in [1.807, 2.05) is 18.2 Å². The molecule has 1 aromatic carbocycles. The van der Waals surface area contributed by atoms with Crippen LogP contribution in [-0.2, 0) is 11.8 Å². The summed E-state index contributed by atoms with van der Waals surface area (Å²) in [6.45, 7) is 5.97. The van der Waals surface area contributed by atoms with Crippen molar-refractivity contribution >= 4 is 11.9 Å². The fraction of sp³-hybridized carbons (Fsp3) is 0.438. The quantitative estimate of drug-likeness (QED) is 0.850. The van der Waals surface area contributed by atoms with Crippen molar-refractivity contribution in [3.63, 3.8) is 0 Å². The molecule has 0 bridgehead atoms. The molecule has 2 rings (SSSR count). The smallest absolute Gasteiger partial charge is 0.269 e. The van der Waals surface area contributed by atoms with Crippen molar-refractivity contribution < 1.29 is 9.53 Å². The van der Waals surface area contributed by atoms with E-state index in [1.165, 1.54) is 10.5 Å². The van der Waals surface area contributed by atoms with E-state index in [4.69, 9.17) is 4.74 Å². The number of hydrogen-bond acceptors (Lipinski definition) is 4. The second-order valence-electron chi connectivity index (χ2n) is 5.63. The van der Waals surface area contributed by atoms with Crippen LogP contribution in [0.1, 0.15) is 32.3 Å². The van der Waals surface area contributed by atoms with Gasteiger partial charge in [0.2, 0.25) is 5.95 Å². The lowest BCUT2D eigenvalue weighted by molar-refractivity contribution is -0.124. The third-order valence-corrected chi connectivity index (χ3v) is 3.50. The molecule has 0 spiro atoms. The van der Waals surface area contributed by atoms with Crippen LogP contribution in [0.2, 0.25) is 0 Å². The number of likely N-dealkylation sites (N-methyl/N-ethyl adjacent to an activating group) is 1. The van der Waals surface area contributed by atoms with Gasteiger partial charge in [0.15, 0.2) is 6.10 Å². The van der Waals surface area contributed by atoms with E-state index in [-0.39, 0.29) is 5.91 Å². The van der Waals surface area contributed by atoms with Crippen molar-refractivity contribution in [2.75, 3.05) is 11.9 Å². The molecule has 0 saturated heterocycles. The van der Waals surface area contributed by atoms with Gasteiger partial charge in [0.25, 0.3) is 5.91 Å². The zero-order chi connectivity index (χ0) is 16.3. The van der Waals surface area contributed by atoms with Gasteiger partial charge < -0.3 is 9.30 Å². The highest BCUT2D eigenvalue weighted by molar-refractivity contribution is 5.94. The Hall–Kier alpha value is -2.37. The van der Waals surface area contributed by atoms with Crippen molar-refractivity contribution in [3.05, 3.63) is 36.2 Å². The number of rotatable bonds is 5. The topological polar surface area (TPSA) is 60.2 Å². The Kier molecular flexibility index (Phi) is 4.80. The van der Waals surface area contributed by atoms with Gasteiger partial charge in [-0.15, -0.1) is 10.2 Å². The predicted molar refractivity (Wildman–Crippen MR) is 85.0 cm³/mol. The molecule has 6 heteroatoms. The number of aromatic nitrogens is 3. The lowest BCUT2D eigenvalue weighted by atomic mass is 10.0. The number of amides is 1. The zero-order valence-electron chi connectivity index (χ0n) is 13.6. The molecule has 0 N–H and O–H groups in total. The van der Waals surface area contributed by atoms with Crippen molar-refractivity contribution in [1.82, 2.24) is 14.8 Å². The monoisotopic (exact) mass is 302 g/mol. The molecule has 0 saturated carbocycles. The SMILES string of the molecule is CC(C)c1cccc(O[C@H](C)C(=O)N(C)c2nncn2C)c1. The van der Waals surface area contributed by atoms with Crippen LogP contribution in [0, 0.1) is 0 Å². The second-order valence-corrected chi connectivity index (χ2v) is 5.63. The summed E-state index contributed by atoms with van der Waals surface area (Å²) in [5.41, 5.74) is 1.18. The van der Waals surface area contributed by atoms with Gasteiger partial charge in [-0.2, -0.15) is 0 Å². The second kappa shape index (κ2) is 6.60. The first-order chi connectivity index (χ1) is 10.4. The summed E-state index contributed by atoms with van der Waals surface area (Å²) in [6, 6.07) is 7.82. The number of carbonyl (C=O) groups excluding carboxylic acids is 1. The fourth-order valence-electron chi connectivity index (χ4n) is 2.15. The van der Waals surface area contributed by atoms with Crippen molar-refractivity contribution in [2.45, 2.75) is 32.8 Å². The van der Waals surface area contributed by atoms with Gasteiger partial charge >= 0.3 is 0 Å². The van der Waals surface area contributed by atoms with E-state index < -0.39 is 6.10 Å². The number of hydrogen-bond donors (Lipinski definition) is 0.